The Morgan fingerprint density at radius 2 is 1.53 bits per heavy atom. The smallest absolute Gasteiger partial charge is 0.430 e. The van der Waals surface area contributed by atoms with E-state index in [1.807, 2.05) is 41.1 Å². The van der Waals surface area contributed by atoms with Crippen molar-refractivity contribution >= 4 is 45.3 Å². The van der Waals surface area contributed by atoms with E-state index in [-0.39, 0.29) is 12.3 Å². The number of ether oxygens (including phenoxy) is 1. The van der Waals surface area contributed by atoms with Gasteiger partial charge in [0.15, 0.2) is 5.16 Å². The summed E-state index contributed by atoms with van der Waals surface area (Å²) in [7, 11) is 2.81. The Morgan fingerprint density at radius 1 is 0.966 bits per heavy atom. The summed E-state index contributed by atoms with van der Waals surface area (Å²) in [6, 6.07) is 12.5. The van der Waals surface area contributed by atoms with Crippen molar-refractivity contribution in [2.45, 2.75) is 73.5 Å². The molecule has 4 rings (SSSR count). The van der Waals surface area contributed by atoms with Gasteiger partial charge in [-0.25, -0.2) is 26.6 Å². The first-order chi connectivity index (χ1) is 27.0. The Bertz CT molecular complexity index is 2220. The second-order valence-corrected chi connectivity index (χ2v) is 18.5. The molecule has 0 saturated carbocycles. The highest BCUT2D eigenvalue weighted by Crippen LogP contribution is 2.40. The number of sulfonamides is 1. The molecule has 0 aliphatic heterocycles. The van der Waals surface area contributed by atoms with E-state index in [1.54, 1.807) is 35.0 Å². The molecule has 0 saturated heterocycles. The normalized spacial score (nSPS) is 12.6. The predicted octanol–water partition coefficient (Wildman–Crippen LogP) is 7.21. The summed E-state index contributed by atoms with van der Waals surface area (Å²) in [5.41, 5.74) is -0.946. The monoisotopic (exact) mass is 894 g/mol. The lowest BCUT2D eigenvalue weighted by Crippen LogP contribution is -2.53. The van der Waals surface area contributed by atoms with Crippen LogP contribution in [-0.2, 0) is 30.8 Å². The van der Waals surface area contributed by atoms with Crippen molar-refractivity contribution in [2.75, 3.05) is 41.3 Å². The number of aromatic nitrogens is 2. The fourth-order valence-corrected chi connectivity index (χ4v) is 8.70. The molecular weight excluding hydrogens is 850 g/mol. The first-order valence-corrected chi connectivity index (χ1v) is 20.5. The van der Waals surface area contributed by atoms with Crippen LogP contribution in [0.3, 0.4) is 0 Å². The third-order valence-electron chi connectivity index (χ3n) is 9.19. The minimum Gasteiger partial charge on any atom is -0.542 e. The summed E-state index contributed by atoms with van der Waals surface area (Å²) in [4.78, 5) is 24.9. The van der Waals surface area contributed by atoms with Gasteiger partial charge in [-0.15, -0.1) is 0 Å². The maximum Gasteiger partial charge on any atom is 0.430 e. The van der Waals surface area contributed by atoms with Crippen LogP contribution in [0.5, 0.6) is 5.75 Å². The van der Waals surface area contributed by atoms with Gasteiger partial charge in [0.25, 0.3) is 0 Å². The summed E-state index contributed by atoms with van der Waals surface area (Å²) < 4.78 is 113. The minimum atomic E-state index is -5.19. The van der Waals surface area contributed by atoms with Gasteiger partial charge in [0, 0.05) is 29.0 Å². The number of hydrogen-bond donors (Lipinski definition) is 1. The number of methoxy groups -OCH3 is 1. The Kier molecular flexibility index (Phi) is 15.8. The highest BCUT2D eigenvalue weighted by atomic mass is 35.5. The van der Waals surface area contributed by atoms with E-state index in [1.165, 1.54) is 33.1 Å². The molecule has 0 radical (unpaired) electrons. The van der Waals surface area contributed by atoms with E-state index < -0.39 is 67.0 Å². The topological polar surface area (TPSA) is 142 Å². The number of thioether (sulfide) groups is 1. The number of alkyl halides is 3. The average Bonchev–Trinajstić information content (AvgIpc) is 3.55. The lowest BCUT2D eigenvalue weighted by Gasteiger charge is -2.34. The molecule has 0 aliphatic carbocycles. The summed E-state index contributed by atoms with van der Waals surface area (Å²) in [6.45, 7) is 6.96. The molecule has 0 unspecified atom stereocenters. The average molecular weight is 895 g/mol. The summed E-state index contributed by atoms with van der Waals surface area (Å²) in [6.07, 6.45) is -2.62. The maximum atomic E-state index is 15.7. The van der Waals surface area contributed by atoms with Crippen LogP contribution in [0.25, 0.3) is 5.69 Å². The number of benzene rings is 3. The second kappa shape index (κ2) is 19.0. The molecule has 4 aromatic rings. The number of carboxylic acid groups (broad SMARTS) is 2. The minimum absolute atomic E-state index is 0.157. The van der Waals surface area contributed by atoms with Crippen LogP contribution in [0.15, 0.2) is 70.8 Å². The van der Waals surface area contributed by atoms with Crippen molar-refractivity contribution in [2.24, 2.45) is 0 Å². The number of halogens is 7. The number of nitrogens with zero attached hydrogens (tertiary/aromatic N) is 4. The lowest BCUT2D eigenvalue weighted by molar-refractivity contribution is -0.870. The van der Waals surface area contributed by atoms with Gasteiger partial charge in [0.1, 0.15) is 34.7 Å². The van der Waals surface area contributed by atoms with Gasteiger partial charge < -0.3 is 24.2 Å². The fourth-order valence-electron chi connectivity index (χ4n) is 5.69. The van der Waals surface area contributed by atoms with Gasteiger partial charge in [-0.2, -0.15) is 17.5 Å². The van der Waals surface area contributed by atoms with Crippen molar-refractivity contribution in [3.63, 3.8) is 0 Å². The van der Waals surface area contributed by atoms with E-state index in [4.69, 9.17) is 26.2 Å². The molecule has 0 atom stereocenters. The number of hydrogen-bond acceptors (Lipinski definition) is 8. The van der Waals surface area contributed by atoms with Gasteiger partial charge in [0.2, 0.25) is 10.0 Å². The summed E-state index contributed by atoms with van der Waals surface area (Å²) >= 11 is 7.29. The number of carboxylic acids is 2. The Hall–Kier alpha value is -4.30. The van der Waals surface area contributed by atoms with Crippen molar-refractivity contribution in [3.8, 4) is 11.4 Å². The molecule has 324 valence electrons. The van der Waals surface area contributed by atoms with Crippen LogP contribution in [-0.4, -0.2) is 96.9 Å². The van der Waals surface area contributed by atoms with Gasteiger partial charge in [-0.1, -0.05) is 43.3 Å². The fraction of sp³-hybridized carbons (Fsp3) is 0.410. The quantitative estimate of drug-likeness (QED) is 0.0535. The molecule has 1 heterocycles. The number of imidazole rings is 1. The van der Waals surface area contributed by atoms with Crippen LogP contribution in [0, 0.1) is 17.5 Å². The molecule has 0 spiro atoms. The van der Waals surface area contributed by atoms with E-state index in [2.05, 4.69) is 4.98 Å². The van der Waals surface area contributed by atoms with E-state index >= 15 is 8.78 Å². The van der Waals surface area contributed by atoms with Crippen LogP contribution in [0.2, 0.25) is 5.02 Å². The third-order valence-corrected chi connectivity index (χ3v) is 12.5. The largest absolute Gasteiger partial charge is 0.542 e. The number of aliphatic carboxylic acids is 2. The van der Waals surface area contributed by atoms with Gasteiger partial charge in [-0.3, -0.25) is 9.36 Å². The van der Waals surface area contributed by atoms with Crippen molar-refractivity contribution < 1.29 is 63.8 Å². The SMILES string of the molecule is COc1cc(C(C)(C)c2cnc(SCc3c(F)cc(S(=O)(=O)N(CCCC[N+](C)(C)C)C(C)(C)C(=O)O)cc3F)n2-c2ccc(F)cc2)ccc1Cl.O=C([O-])C(F)(F)F. The molecule has 0 fully saturated rings. The lowest BCUT2D eigenvalue weighted by atomic mass is 9.81. The molecule has 0 aliphatic rings. The molecule has 0 bridgehead atoms. The Balaban J connectivity index is 0.00000122. The van der Waals surface area contributed by atoms with Gasteiger partial charge in [0.05, 0.1) is 56.6 Å². The summed E-state index contributed by atoms with van der Waals surface area (Å²) in [5.74, 6) is -6.88. The number of unbranched alkanes of at least 4 members (excludes halogenated alkanes) is 1. The van der Waals surface area contributed by atoms with E-state index in [9.17, 15) is 35.9 Å². The van der Waals surface area contributed by atoms with Crippen molar-refractivity contribution in [3.05, 3.63) is 100 Å². The number of carbonyl (C=O) groups excluding carboxylic acids is 1. The molecule has 20 heteroatoms. The highest BCUT2D eigenvalue weighted by Gasteiger charge is 2.43. The number of quaternary nitrogens is 1. The number of carbonyl (C=O) groups is 2. The molecule has 3 aromatic carbocycles. The molecule has 1 N–H and O–H groups in total. The zero-order valence-electron chi connectivity index (χ0n) is 33.5. The third kappa shape index (κ3) is 12.1. The molecule has 11 nitrogen and oxygen atoms in total. The zero-order chi connectivity index (χ0) is 44.9. The van der Waals surface area contributed by atoms with Crippen LogP contribution in [0.1, 0.15) is 57.4 Å². The molecule has 59 heavy (non-hydrogen) atoms. The van der Waals surface area contributed by atoms with Gasteiger partial charge in [-0.05, 0) is 80.8 Å². The number of rotatable bonds is 16. The van der Waals surface area contributed by atoms with Crippen LogP contribution < -0.4 is 9.84 Å². The first kappa shape index (κ1) is 49.1. The Labute approximate surface area is 348 Å². The van der Waals surface area contributed by atoms with Crippen molar-refractivity contribution in [1.29, 1.82) is 0 Å². The van der Waals surface area contributed by atoms with Crippen LogP contribution >= 0.6 is 23.4 Å². The predicted molar refractivity (Wildman–Crippen MR) is 208 cm³/mol. The standard InChI is InChI=1S/C37H44ClF3N4O5S2.C2HF3O2/c1-36(2,24-11-16-29(38)32(19-24)50-8)33-22-42-35(44(33)26-14-12-25(39)13-15-26)51-23-28-30(40)20-27(21-31(28)41)52(48,49)43(37(3,4)34(46)47)17-9-10-18-45(5,6)7;3-2(4,5)1(6)7/h11-16,19-22H,9-10,17-18,23H2,1-8H3;(H,6,7). The molecule has 0 amide bonds. The second-order valence-electron chi connectivity index (χ2n) is 15.3. The maximum absolute atomic E-state index is 15.7. The first-order valence-electron chi connectivity index (χ1n) is 17.7. The van der Waals surface area contributed by atoms with Crippen LogP contribution in [0.4, 0.5) is 26.3 Å². The Morgan fingerprint density at radius 3 is 2.02 bits per heavy atom. The van der Waals surface area contributed by atoms with Gasteiger partial charge >= 0.3 is 12.1 Å². The zero-order valence-corrected chi connectivity index (χ0v) is 35.8. The van der Waals surface area contributed by atoms with E-state index in [0.717, 1.165) is 33.8 Å². The summed E-state index contributed by atoms with van der Waals surface area (Å²) in [5, 5.41) is 19.5. The van der Waals surface area contributed by atoms with E-state index in [0.29, 0.717) is 51.2 Å². The van der Waals surface area contributed by atoms with Crippen molar-refractivity contribution in [1.82, 2.24) is 13.9 Å². The highest BCUT2D eigenvalue weighted by molar-refractivity contribution is 7.98. The molecular formula is C39H45ClF6N4O7S2. The molecule has 1 aromatic heterocycles.